The van der Waals surface area contributed by atoms with E-state index in [9.17, 15) is 14.3 Å². The van der Waals surface area contributed by atoms with E-state index in [0.717, 1.165) is 18.4 Å². The number of hydrogen-bond acceptors (Lipinski definition) is 3. The van der Waals surface area contributed by atoms with Gasteiger partial charge in [-0.1, -0.05) is 37.8 Å². The zero-order valence-corrected chi connectivity index (χ0v) is 11.2. The summed E-state index contributed by atoms with van der Waals surface area (Å²) in [7, 11) is 0. The SMILES string of the molecule is O=C(O)C1NNC(c2ccc(F)cc2)C1C1CCCC1. The molecule has 1 aromatic carbocycles. The average Bonchev–Trinajstić information content (AvgIpc) is 3.08. The van der Waals surface area contributed by atoms with E-state index in [4.69, 9.17) is 0 Å². The number of hydrogen-bond donors (Lipinski definition) is 3. The minimum Gasteiger partial charge on any atom is -0.480 e. The Bertz CT molecular complexity index is 485. The lowest BCUT2D eigenvalue weighted by Crippen LogP contribution is -2.40. The van der Waals surface area contributed by atoms with Gasteiger partial charge >= 0.3 is 5.97 Å². The molecule has 4 nitrogen and oxygen atoms in total. The molecule has 0 spiro atoms. The third-order valence-electron chi connectivity index (χ3n) is 4.60. The maximum absolute atomic E-state index is 13.0. The monoisotopic (exact) mass is 278 g/mol. The van der Waals surface area contributed by atoms with Crippen molar-refractivity contribution in [2.75, 3.05) is 0 Å². The summed E-state index contributed by atoms with van der Waals surface area (Å²) in [6.45, 7) is 0. The number of aliphatic carboxylic acids is 1. The predicted octanol–water partition coefficient (Wildman–Crippen LogP) is 2.23. The highest BCUT2D eigenvalue weighted by Crippen LogP contribution is 2.42. The van der Waals surface area contributed by atoms with Gasteiger partial charge in [-0.2, -0.15) is 0 Å². The summed E-state index contributed by atoms with van der Waals surface area (Å²) in [4.78, 5) is 11.4. The Morgan fingerprint density at radius 1 is 1.15 bits per heavy atom. The second-order valence-corrected chi connectivity index (χ2v) is 5.76. The first-order valence-electron chi connectivity index (χ1n) is 7.16. The van der Waals surface area contributed by atoms with Gasteiger partial charge in [0.2, 0.25) is 0 Å². The van der Waals surface area contributed by atoms with Crippen LogP contribution in [0.3, 0.4) is 0 Å². The molecule has 20 heavy (non-hydrogen) atoms. The minimum atomic E-state index is -0.820. The number of carbonyl (C=O) groups is 1. The van der Waals surface area contributed by atoms with Crippen molar-refractivity contribution in [2.45, 2.75) is 37.8 Å². The molecule has 1 aromatic rings. The van der Waals surface area contributed by atoms with Crippen LogP contribution in [0.25, 0.3) is 0 Å². The third kappa shape index (κ3) is 2.43. The van der Waals surface area contributed by atoms with Crippen LogP contribution in [0.15, 0.2) is 24.3 Å². The average molecular weight is 278 g/mol. The van der Waals surface area contributed by atoms with Gasteiger partial charge in [-0.15, -0.1) is 0 Å². The lowest BCUT2D eigenvalue weighted by atomic mass is 9.78. The number of carboxylic acid groups (broad SMARTS) is 1. The van der Waals surface area contributed by atoms with Gasteiger partial charge in [0.25, 0.3) is 0 Å². The van der Waals surface area contributed by atoms with Gasteiger partial charge in [0.05, 0.1) is 6.04 Å². The smallest absolute Gasteiger partial charge is 0.322 e. The van der Waals surface area contributed by atoms with Crippen LogP contribution in [0.1, 0.15) is 37.3 Å². The van der Waals surface area contributed by atoms with Crippen LogP contribution >= 0.6 is 0 Å². The van der Waals surface area contributed by atoms with Gasteiger partial charge in [-0.25, -0.2) is 15.2 Å². The van der Waals surface area contributed by atoms with Crippen molar-refractivity contribution in [3.05, 3.63) is 35.6 Å². The molecule has 3 rings (SSSR count). The molecular weight excluding hydrogens is 259 g/mol. The van der Waals surface area contributed by atoms with Crippen molar-refractivity contribution in [3.63, 3.8) is 0 Å². The van der Waals surface area contributed by atoms with E-state index < -0.39 is 12.0 Å². The van der Waals surface area contributed by atoms with Crippen LogP contribution in [0.2, 0.25) is 0 Å². The molecule has 5 heteroatoms. The highest BCUT2D eigenvalue weighted by Gasteiger charge is 2.45. The standard InChI is InChI=1S/C15H19FN2O2/c16-11-7-5-10(6-8-11)13-12(9-3-1-2-4-9)14(15(19)20)18-17-13/h5-9,12-14,17-18H,1-4H2,(H,19,20). The minimum absolute atomic E-state index is 0.0143. The van der Waals surface area contributed by atoms with E-state index in [0.29, 0.717) is 5.92 Å². The number of halogens is 1. The number of benzene rings is 1. The molecule has 1 aliphatic heterocycles. The van der Waals surface area contributed by atoms with Crippen molar-refractivity contribution in [3.8, 4) is 0 Å². The summed E-state index contributed by atoms with van der Waals surface area (Å²) in [6.07, 6.45) is 4.50. The second kappa shape index (κ2) is 5.50. The molecule has 3 N–H and O–H groups in total. The Morgan fingerprint density at radius 2 is 1.80 bits per heavy atom. The normalized spacial score (nSPS) is 30.8. The highest BCUT2D eigenvalue weighted by atomic mass is 19.1. The Balaban J connectivity index is 1.88. The fourth-order valence-electron chi connectivity index (χ4n) is 3.65. The van der Waals surface area contributed by atoms with E-state index in [1.807, 2.05) is 0 Å². The van der Waals surface area contributed by atoms with Crippen molar-refractivity contribution in [1.82, 2.24) is 10.9 Å². The Hall–Kier alpha value is -1.46. The Kier molecular flexibility index (Phi) is 3.72. The number of rotatable bonds is 3. The lowest BCUT2D eigenvalue weighted by molar-refractivity contribution is -0.140. The van der Waals surface area contributed by atoms with E-state index in [1.54, 1.807) is 12.1 Å². The molecule has 3 atom stereocenters. The number of carboxylic acids is 1. The maximum atomic E-state index is 13.0. The zero-order chi connectivity index (χ0) is 14.1. The summed E-state index contributed by atoms with van der Waals surface area (Å²) < 4.78 is 13.0. The first-order chi connectivity index (χ1) is 9.66. The molecule has 3 unspecified atom stereocenters. The molecule has 0 radical (unpaired) electrons. The summed E-state index contributed by atoms with van der Waals surface area (Å²) >= 11 is 0. The summed E-state index contributed by atoms with van der Waals surface area (Å²) in [5, 5.41) is 9.39. The van der Waals surface area contributed by atoms with Gasteiger partial charge in [0, 0.05) is 5.92 Å². The van der Waals surface area contributed by atoms with Crippen LogP contribution in [0.4, 0.5) is 4.39 Å². The quantitative estimate of drug-likeness (QED) is 0.793. The first-order valence-corrected chi connectivity index (χ1v) is 7.16. The number of hydrazine groups is 1. The molecule has 2 fully saturated rings. The van der Waals surface area contributed by atoms with Crippen molar-refractivity contribution in [1.29, 1.82) is 0 Å². The van der Waals surface area contributed by atoms with E-state index in [2.05, 4.69) is 10.9 Å². The molecule has 0 amide bonds. The molecule has 1 heterocycles. The van der Waals surface area contributed by atoms with E-state index in [1.165, 1.54) is 25.0 Å². The lowest BCUT2D eigenvalue weighted by Gasteiger charge is -2.27. The molecule has 1 aliphatic carbocycles. The van der Waals surface area contributed by atoms with Crippen molar-refractivity contribution in [2.24, 2.45) is 11.8 Å². The first kappa shape index (κ1) is 13.5. The molecular formula is C15H19FN2O2. The maximum Gasteiger partial charge on any atom is 0.322 e. The Labute approximate surface area is 117 Å². The van der Waals surface area contributed by atoms with Gasteiger partial charge < -0.3 is 5.11 Å². The van der Waals surface area contributed by atoms with Gasteiger partial charge in [-0.05, 0) is 23.6 Å². The van der Waals surface area contributed by atoms with Gasteiger partial charge in [-0.3, -0.25) is 4.79 Å². The topological polar surface area (TPSA) is 61.4 Å². The summed E-state index contributed by atoms with van der Waals surface area (Å²) in [6, 6.07) is 5.68. The summed E-state index contributed by atoms with van der Waals surface area (Å²) in [5.74, 6) is -0.667. The largest absolute Gasteiger partial charge is 0.480 e. The second-order valence-electron chi connectivity index (χ2n) is 5.76. The van der Waals surface area contributed by atoms with Crippen molar-refractivity contribution >= 4 is 5.97 Å². The fraction of sp³-hybridized carbons (Fsp3) is 0.533. The third-order valence-corrected chi connectivity index (χ3v) is 4.60. The molecule has 2 aliphatic rings. The Morgan fingerprint density at radius 3 is 2.40 bits per heavy atom. The van der Waals surface area contributed by atoms with Crippen LogP contribution in [0, 0.1) is 17.7 Å². The van der Waals surface area contributed by atoms with Gasteiger partial charge in [0.1, 0.15) is 11.9 Å². The molecule has 1 saturated heterocycles. The van der Waals surface area contributed by atoms with Crippen LogP contribution < -0.4 is 10.9 Å². The van der Waals surface area contributed by atoms with Crippen molar-refractivity contribution < 1.29 is 14.3 Å². The molecule has 108 valence electrons. The molecule has 0 bridgehead atoms. The van der Waals surface area contributed by atoms with E-state index >= 15 is 0 Å². The van der Waals surface area contributed by atoms with Crippen LogP contribution in [0.5, 0.6) is 0 Å². The predicted molar refractivity (Wildman–Crippen MR) is 72.3 cm³/mol. The fourth-order valence-corrected chi connectivity index (χ4v) is 3.65. The van der Waals surface area contributed by atoms with Crippen LogP contribution in [-0.4, -0.2) is 17.1 Å². The summed E-state index contributed by atoms with van der Waals surface area (Å²) in [5.41, 5.74) is 6.94. The zero-order valence-electron chi connectivity index (χ0n) is 11.2. The molecule has 0 aromatic heterocycles. The van der Waals surface area contributed by atoms with Gasteiger partial charge in [0.15, 0.2) is 0 Å². The highest BCUT2D eigenvalue weighted by molar-refractivity contribution is 5.74. The molecule has 1 saturated carbocycles. The van der Waals surface area contributed by atoms with E-state index in [-0.39, 0.29) is 17.8 Å². The van der Waals surface area contributed by atoms with Crippen LogP contribution in [-0.2, 0) is 4.79 Å². The number of nitrogens with one attached hydrogen (secondary N) is 2.